The summed E-state index contributed by atoms with van der Waals surface area (Å²) in [6.07, 6.45) is 2.52. The Morgan fingerprint density at radius 3 is 1.39 bits per heavy atom. The Hall–Kier alpha value is -8.88. The monoisotopic (exact) mass is 1220 g/mol. The van der Waals surface area contributed by atoms with E-state index in [-0.39, 0.29) is 79.7 Å². The molecule has 1 fully saturated rings. The van der Waals surface area contributed by atoms with Gasteiger partial charge in [-0.1, -0.05) is 97.1 Å². The average Bonchev–Trinajstić information content (AvgIpc) is 2.13. The van der Waals surface area contributed by atoms with E-state index in [9.17, 15) is 10.2 Å². The number of nitrogens with zero attached hydrogens (tertiary/aromatic N) is 1. The predicted octanol–water partition coefficient (Wildman–Crippen LogP) is 10.4. The molecule has 0 amide bonds. The summed E-state index contributed by atoms with van der Waals surface area (Å²) in [5.74, 6) is 8.27. The molecule has 19 heteroatoms. The highest BCUT2D eigenvalue weighted by Crippen LogP contribution is 2.52. The molecule has 8 aromatic carbocycles. The Morgan fingerprint density at radius 2 is 0.820 bits per heavy atom. The van der Waals surface area contributed by atoms with Crippen molar-refractivity contribution in [1.29, 1.82) is 0 Å². The second-order valence-electron chi connectivity index (χ2n) is 23.3. The highest BCUT2D eigenvalue weighted by atomic mass is 35.5. The van der Waals surface area contributed by atoms with E-state index >= 15 is 0 Å². The zero-order valence-corrected chi connectivity index (χ0v) is 49.2. The van der Waals surface area contributed by atoms with Crippen molar-refractivity contribution in [3.8, 4) is 69.0 Å². The number of halogens is 1. The first-order valence-electron chi connectivity index (χ1n) is 30.0. The summed E-state index contributed by atoms with van der Waals surface area (Å²) in [6, 6.07) is 49.1. The molecule has 456 valence electrons. The molecular weight excluding hydrogens is 1160 g/mol. The summed E-state index contributed by atoms with van der Waals surface area (Å²) in [6.45, 7) is 6.24. The molecule has 11 heterocycles. The van der Waals surface area contributed by atoms with Gasteiger partial charge in [0.15, 0.2) is 52.3 Å². The molecule has 0 unspecified atom stereocenters. The topological polar surface area (TPSA) is 214 Å². The molecule has 0 aliphatic carbocycles. The molecule has 8 atom stereocenters. The van der Waals surface area contributed by atoms with Crippen molar-refractivity contribution in [2.45, 2.75) is 73.6 Å². The normalized spacial score (nSPS) is 23.9. The molecule has 0 saturated carbocycles. The number of hydrogen-bond acceptors (Lipinski definition) is 18. The fraction of sp³-hybridized carbons (Fsp3) is 0.300. The number of nitrogens with one attached hydrogen (secondary N) is 2. The lowest BCUT2D eigenvalue weighted by molar-refractivity contribution is -0.183. The molecule has 18 nitrogen and oxygen atoms in total. The fourth-order valence-electron chi connectivity index (χ4n) is 14.1. The van der Waals surface area contributed by atoms with Crippen LogP contribution in [-0.4, -0.2) is 101 Å². The number of fused-ring (bicyclic) bond motifs is 19. The lowest BCUT2D eigenvalue weighted by Crippen LogP contribution is -2.46. The lowest BCUT2D eigenvalue weighted by atomic mass is 9.78. The maximum absolute atomic E-state index is 9.79. The largest absolute Gasteiger partial charge is 0.504 e. The van der Waals surface area contributed by atoms with Crippen molar-refractivity contribution in [1.82, 2.24) is 10.6 Å². The van der Waals surface area contributed by atoms with Crippen molar-refractivity contribution in [3.05, 3.63) is 212 Å². The molecule has 11 aliphatic rings. The molecule has 0 radical (unpaired) electrons. The van der Waals surface area contributed by atoms with Crippen LogP contribution in [0, 0.1) is 0 Å². The molecule has 8 aromatic rings. The van der Waals surface area contributed by atoms with E-state index in [1.807, 2.05) is 66.9 Å². The number of ether oxygens (including phenoxy) is 12. The van der Waals surface area contributed by atoms with Crippen LogP contribution in [0.25, 0.3) is 0 Å². The van der Waals surface area contributed by atoms with E-state index in [0.717, 1.165) is 93.3 Å². The lowest BCUT2D eigenvalue weighted by Gasteiger charge is -2.39. The fourth-order valence-corrected chi connectivity index (χ4v) is 14.1. The summed E-state index contributed by atoms with van der Waals surface area (Å²) in [7, 11) is 0. The van der Waals surface area contributed by atoms with Gasteiger partial charge in [-0.25, -0.2) is 0 Å². The average molecular weight is 1220 g/mol. The summed E-state index contributed by atoms with van der Waals surface area (Å²) in [5.41, 5.74) is 20.7. The predicted molar refractivity (Wildman–Crippen MR) is 330 cm³/mol. The van der Waals surface area contributed by atoms with Crippen LogP contribution in [-0.2, 0) is 22.6 Å². The summed E-state index contributed by atoms with van der Waals surface area (Å²) >= 11 is 0. The second kappa shape index (κ2) is 23.9. The maximum Gasteiger partial charge on any atom is 0.231 e. The highest BCUT2D eigenvalue weighted by molar-refractivity contribution is 5.85. The van der Waals surface area contributed by atoms with Crippen molar-refractivity contribution in [2.24, 2.45) is 10.7 Å². The third-order valence-corrected chi connectivity index (χ3v) is 18.3. The Balaban J connectivity index is 0.0000000994. The number of phenolic OH excluding ortho intramolecular Hbond substituents is 2. The highest BCUT2D eigenvalue weighted by Gasteiger charge is 2.41. The van der Waals surface area contributed by atoms with Crippen molar-refractivity contribution < 1.29 is 67.1 Å². The standard InChI is InChI=1S/C20H21NO5.C17H15NO3.C17H13NO3.C16H15NO3.ClH/c21-15-10-24-16-9-18-17(25-11-26-18)8-14(16)19(15)12-4-1-2-5-13(12)20-22-6-3-7-23-20;2*1-2-4-11-10(3-1)7-18-13-8-19-14-6-16-15(20-9-21-16)5-12(14)17(11)13;18-13-5-11-15(6-14(13)19)20-8-12-16(11)10-4-2-1-3-9(10)7-17-12;/h1-2,4-5,8-9,15,19-20H,3,6-7,10-11,21H2;1-6,13,17-18H,7-9H2;1-7,13,17H,8-9H2;1-6,12,16-19H,7-8H2;1H/t15-,19+;2*13-,17+;12-,16+;/m1111./s1. The first-order valence-corrected chi connectivity index (χ1v) is 30.0. The Bertz CT molecular complexity index is 4030. The van der Waals surface area contributed by atoms with E-state index in [2.05, 4.69) is 88.4 Å². The number of benzene rings is 8. The molecule has 19 rings (SSSR count). The van der Waals surface area contributed by atoms with Crippen molar-refractivity contribution in [3.63, 3.8) is 0 Å². The van der Waals surface area contributed by atoms with Crippen LogP contribution in [0.4, 0.5) is 0 Å². The minimum Gasteiger partial charge on any atom is -0.504 e. The van der Waals surface area contributed by atoms with Crippen molar-refractivity contribution >= 4 is 18.6 Å². The van der Waals surface area contributed by atoms with Gasteiger partial charge in [0.05, 0.1) is 31.3 Å². The van der Waals surface area contributed by atoms with Gasteiger partial charge in [-0.2, -0.15) is 0 Å². The zero-order valence-electron chi connectivity index (χ0n) is 48.3. The summed E-state index contributed by atoms with van der Waals surface area (Å²) in [5, 5.41) is 26.5. The molecule has 0 spiro atoms. The van der Waals surface area contributed by atoms with Gasteiger partial charge in [-0.3, -0.25) is 4.99 Å². The molecule has 1 saturated heterocycles. The van der Waals surface area contributed by atoms with Crippen LogP contribution >= 0.6 is 12.4 Å². The van der Waals surface area contributed by atoms with Gasteiger partial charge < -0.3 is 83.4 Å². The third-order valence-electron chi connectivity index (χ3n) is 18.3. The summed E-state index contributed by atoms with van der Waals surface area (Å²) in [4.78, 5) is 4.66. The van der Waals surface area contributed by atoms with Crippen LogP contribution in [0.1, 0.15) is 103 Å². The van der Waals surface area contributed by atoms with Gasteiger partial charge >= 0.3 is 0 Å². The van der Waals surface area contributed by atoms with E-state index in [4.69, 9.17) is 62.6 Å². The van der Waals surface area contributed by atoms with Crippen LogP contribution in [0.2, 0.25) is 0 Å². The van der Waals surface area contributed by atoms with Gasteiger partial charge in [0, 0.05) is 101 Å². The molecule has 89 heavy (non-hydrogen) atoms. The van der Waals surface area contributed by atoms with Gasteiger partial charge in [-0.05, 0) is 69.6 Å². The second-order valence-corrected chi connectivity index (χ2v) is 23.3. The molecule has 6 N–H and O–H groups in total. The van der Waals surface area contributed by atoms with Gasteiger partial charge in [0.2, 0.25) is 20.4 Å². The van der Waals surface area contributed by atoms with E-state index in [1.54, 1.807) is 6.07 Å². The van der Waals surface area contributed by atoms with Crippen LogP contribution in [0.5, 0.6) is 69.0 Å². The van der Waals surface area contributed by atoms with E-state index in [1.165, 1.54) is 45.0 Å². The first-order chi connectivity index (χ1) is 43.3. The van der Waals surface area contributed by atoms with Gasteiger partial charge in [0.25, 0.3) is 0 Å². The number of aliphatic imine (C=N–C) groups is 1. The Morgan fingerprint density at radius 1 is 0.393 bits per heavy atom. The van der Waals surface area contributed by atoms with E-state index < -0.39 is 0 Å². The third kappa shape index (κ3) is 10.5. The van der Waals surface area contributed by atoms with Gasteiger partial charge in [-0.15, -0.1) is 12.4 Å². The quantitative estimate of drug-likeness (QED) is 0.102. The molecule has 0 aromatic heterocycles. The Labute approximate surface area is 519 Å². The number of rotatable bonds is 2. The van der Waals surface area contributed by atoms with Crippen LogP contribution < -0.4 is 63.7 Å². The minimum atomic E-state index is -0.354. The van der Waals surface area contributed by atoms with Gasteiger partial charge in [0.1, 0.15) is 49.4 Å². The molecule has 11 aliphatic heterocycles. The number of aromatic hydroxyl groups is 2. The number of hydrogen-bond donors (Lipinski definition) is 5. The molecule has 0 bridgehead atoms. The smallest absolute Gasteiger partial charge is 0.231 e. The Kier molecular flexibility index (Phi) is 15.2. The van der Waals surface area contributed by atoms with Crippen LogP contribution in [0.15, 0.2) is 151 Å². The maximum atomic E-state index is 9.79. The zero-order chi connectivity index (χ0) is 58.8. The number of phenols is 2. The SMILES string of the molecule is C1=N[C@@H]2COc3cc4c(cc3[C@@H]2c2ccccc21)OCO4.Cl.N[C@@H]1COc2cc3c(cc2[C@@H]1c1ccccc1C1OCCCO1)OCO3.Oc1cc2c(cc1O)[C@@H]1c3ccccc3CN[C@@H]1CO2.c1ccc2c(c1)CN[C@@H]1COc3cc4c(cc3[C@H]21)OCO4. The van der Waals surface area contributed by atoms with Crippen LogP contribution in [0.3, 0.4) is 0 Å². The summed E-state index contributed by atoms with van der Waals surface area (Å²) < 4.78 is 68.1. The van der Waals surface area contributed by atoms with E-state index in [0.29, 0.717) is 69.9 Å². The minimum absolute atomic E-state index is 0. The molecular formula is C70H65ClN4O14. The van der Waals surface area contributed by atoms with Crippen molar-refractivity contribution in [2.75, 3.05) is 60.0 Å². The number of nitrogens with two attached hydrogens (primary N) is 1. The first kappa shape index (κ1) is 56.6.